The average molecular weight is 373 g/mol. The molecular weight excluding hydrogens is 353 g/mol. The largest absolute Gasteiger partial charge is 0.485 e. The summed E-state index contributed by atoms with van der Waals surface area (Å²) < 4.78 is 29.8. The Bertz CT molecular complexity index is 794. The maximum atomic E-state index is 12.8. The quantitative estimate of drug-likeness (QED) is 0.885. The molecular formula is C19H20FN3O4. The molecule has 1 fully saturated rings. The van der Waals surface area contributed by atoms with Gasteiger partial charge < -0.3 is 19.5 Å². The van der Waals surface area contributed by atoms with Gasteiger partial charge in [-0.1, -0.05) is 12.1 Å². The first-order valence-corrected chi connectivity index (χ1v) is 9.00. The van der Waals surface area contributed by atoms with Crippen molar-refractivity contribution in [1.29, 1.82) is 0 Å². The number of nitrogens with zero attached hydrogens (tertiary/aromatic N) is 2. The third kappa shape index (κ3) is 4.27. The topological polar surface area (TPSA) is 82.6 Å². The van der Waals surface area contributed by atoms with Crippen LogP contribution in [-0.4, -0.2) is 40.7 Å². The number of fused-ring (bicyclic) bond motifs is 1. The minimum atomic E-state index is -0.651. The number of nitrogens with one attached hydrogen (secondary N) is 1. The van der Waals surface area contributed by atoms with E-state index in [1.165, 1.54) is 0 Å². The molecule has 1 atom stereocenters. The Morgan fingerprint density at radius 2 is 1.81 bits per heavy atom. The Hall–Kier alpha value is -2.90. The number of hydrogen-bond acceptors (Lipinski definition) is 6. The molecule has 2 aliphatic rings. The monoisotopic (exact) mass is 373 g/mol. The van der Waals surface area contributed by atoms with Crippen LogP contribution in [0.5, 0.6) is 17.5 Å². The van der Waals surface area contributed by atoms with Crippen LogP contribution >= 0.6 is 0 Å². The van der Waals surface area contributed by atoms with E-state index in [2.05, 4.69) is 15.3 Å². The Kier molecular flexibility index (Phi) is 5.04. The fraction of sp³-hybridized carbons (Fsp3) is 0.421. The molecule has 1 aliphatic heterocycles. The molecule has 4 rings (SSSR count). The molecule has 1 aliphatic carbocycles. The van der Waals surface area contributed by atoms with E-state index in [1.807, 2.05) is 18.2 Å². The zero-order chi connectivity index (χ0) is 18.6. The van der Waals surface area contributed by atoms with Crippen molar-refractivity contribution in [3.8, 4) is 17.5 Å². The van der Waals surface area contributed by atoms with E-state index >= 15 is 0 Å². The van der Waals surface area contributed by atoms with E-state index in [0.717, 1.165) is 38.1 Å². The van der Waals surface area contributed by atoms with Gasteiger partial charge in [0.15, 0.2) is 17.3 Å². The highest BCUT2D eigenvalue weighted by Gasteiger charge is 2.30. The lowest BCUT2D eigenvalue weighted by molar-refractivity contribution is -0.131. The van der Waals surface area contributed by atoms with E-state index in [4.69, 9.17) is 14.2 Å². The Morgan fingerprint density at radius 3 is 2.56 bits per heavy atom. The molecule has 1 aromatic heterocycles. The summed E-state index contributed by atoms with van der Waals surface area (Å²) in [7, 11) is 0. The molecule has 0 spiro atoms. The Labute approximate surface area is 155 Å². The van der Waals surface area contributed by atoms with Crippen molar-refractivity contribution >= 4 is 5.91 Å². The first-order valence-electron chi connectivity index (χ1n) is 9.00. The smallest absolute Gasteiger partial charge is 0.316 e. The van der Waals surface area contributed by atoms with Crippen molar-refractivity contribution in [3.63, 3.8) is 0 Å². The zero-order valence-corrected chi connectivity index (χ0v) is 14.6. The molecule has 7 nitrogen and oxygen atoms in total. The fourth-order valence-corrected chi connectivity index (χ4v) is 3.28. The number of amides is 1. The molecule has 1 N–H and O–H groups in total. The second-order valence-electron chi connectivity index (χ2n) is 6.65. The van der Waals surface area contributed by atoms with Gasteiger partial charge in [-0.3, -0.25) is 4.79 Å². The minimum Gasteiger partial charge on any atom is -0.485 e. The van der Waals surface area contributed by atoms with Crippen LogP contribution in [0.2, 0.25) is 0 Å². The number of aromatic nitrogens is 2. The average Bonchev–Trinajstić information content (AvgIpc) is 2.71. The highest BCUT2D eigenvalue weighted by Crippen LogP contribution is 2.31. The van der Waals surface area contributed by atoms with E-state index in [-0.39, 0.29) is 30.7 Å². The number of carbonyl (C=O) groups is 1. The van der Waals surface area contributed by atoms with Gasteiger partial charge in [-0.25, -0.2) is 14.4 Å². The van der Waals surface area contributed by atoms with E-state index < -0.39 is 11.9 Å². The van der Waals surface area contributed by atoms with Crippen molar-refractivity contribution in [3.05, 3.63) is 42.5 Å². The summed E-state index contributed by atoms with van der Waals surface area (Å²) in [5, 5.41) is 3.03. The lowest BCUT2D eigenvalue weighted by Gasteiger charge is -2.31. The van der Waals surface area contributed by atoms with Gasteiger partial charge in [-0.2, -0.15) is 0 Å². The van der Waals surface area contributed by atoms with Crippen LogP contribution in [0.25, 0.3) is 0 Å². The van der Waals surface area contributed by atoms with E-state index in [9.17, 15) is 9.18 Å². The number of para-hydroxylation sites is 2. The first-order chi connectivity index (χ1) is 13.2. The minimum absolute atomic E-state index is 0.0373. The van der Waals surface area contributed by atoms with Gasteiger partial charge in [0, 0.05) is 6.04 Å². The second-order valence-corrected chi connectivity index (χ2v) is 6.65. The van der Waals surface area contributed by atoms with Crippen molar-refractivity contribution in [2.75, 3.05) is 6.61 Å². The molecule has 0 radical (unpaired) electrons. The number of hydrogen-bond donors (Lipinski definition) is 1. The Balaban J connectivity index is 1.24. The predicted octanol–water partition coefficient (Wildman–Crippen LogP) is 2.26. The molecule has 0 unspecified atom stereocenters. The summed E-state index contributed by atoms with van der Waals surface area (Å²) in [4.78, 5) is 20.1. The van der Waals surface area contributed by atoms with Crippen LogP contribution in [0.15, 0.2) is 36.7 Å². The molecule has 2 aromatic rings. The summed E-state index contributed by atoms with van der Waals surface area (Å²) in [6, 6.07) is 7.54. The lowest BCUT2D eigenvalue weighted by atomic mass is 9.93. The SMILES string of the molecule is O=C(NC1CCC(Oc2ncc(F)cn2)CC1)[C@@H]1COc2ccccc2O1. The fourth-order valence-electron chi connectivity index (χ4n) is 3.28. The number of halogens is 1. The zero-order valence-electron chi connectivity index (χ0n) is 14.6. The van der Waals surface area contributed by atoms with Crippen LogP contribution in [0.3, 0.4) is 0 Å². The number of rotatable bonds is 4. The normalized spacial score (nSPS) is 24.1. The maximum Gasteiger partial charge on any atom is 0.316 e. The molecule has 27 heavy (non-hydrogen) atoms. The highest BCUT2D eigenvalue weighted by atomic mass is 19.1. The van der Waals surface area contributed by atoms with Crippen molar-refractivity contribution in [2.24, 2.45) is 0 Å². The van der Waals surface area contributed by atoms with Crippen LogP contribution in [0.4, 0.5) is 4.39 Å². The molecule has 0 bridgehead atoms. The van der Waals surface area contributed by atoms with Crippen LogP contribution < -0.4 is 19.5 Å². The molecule has 1 aromatic carbocycles. The highest BCUT2D eigenvalue weighted by molar-refractivity contribution is 5.82. The molecule has 0 saturated heterocycles. The summed E-state index contributed by atoms with van der Waals surface area (Å²) in [5.74, 6) is 0.573. The molecule has 1 saturated carbocycles. The van der Waals surface area contributed by atoms with Crippen molar-refractivity contribution in [2.45, 2.75) is 43.9 Å². The number of benzene rings is 1. The van der Waals surface area contributed by atoms with Gasteiger partial charge in [-0.15, -0.1) is 0 Å². The third-order valence-electron chi connectivity index (χ3n) is 4.69. The van der Waals surface area contributed by atoms with Crippen LogP contribution in [0, 0.1) is 5.82 Å². The molecule has 1 amide bonds. The van der Waals surface area contributed by atoms with E-state index in [1.54, 1.807) is 6.07 Å². The number of ether oxygens (including phenoxy) is 3. The van der Waals surface area contributed by atoms with Gasteiger partial charge in [0.2, 0.25) is 6.10 Å². The maximum absolute atomic E-state index is 12.8. The molecule has 8 heteroatoms. The van der Waals surface area contributed by atoms with Crippen LogP contribution in [0.1, 0.15) is 25.7 Å². The summed E-state index contributed by atoms with van der Waals surface area (Å²) in [6.45, 7) is 0.198. The summed E-state index contributed by atoms with van der Waals surface area (Å²) >= 11 is 0. The third-order valence-corrected chi connectivity index (χ3v) is 4.69. The summed E-state index contributed by atoms with van der Waals surface area (Å²) in [5.41, 5.74) is 0. The van der Waals surface area contributed by atoms with E-state index in [0.29, 0.717) is 11.5 Å². The summed E-state index contributed by atoms with van der Waals surface area (Å²) in [6.07, 6.45) is 4.56. The van der Waals surface area contributed by atoms with Gasteiger partial charge in [0.05, 0.1) is 12.4 Å². The lowest BCUT2D eigenvalue weighted by Crippen LogP contribution is -2.49. The first kappa shape index (κ1) is 17.5. The van der Waals surface area contributed by atoms with Gasteiger partial charge in [0.1, 0.15) is 12.7 Å². The van der Waals surface area contributed by atoms with Gasteiger partial charge in [-0.05, 0) is 37.8 Å². The number of carbonyl (C=O) groups excluding carboxylic acids is 1. The standard InChI is InChI=1S/C19H20FN3O4/c20-12-9-21-19(22-10-12)26-14-7-5-13(6-8-14)23-18(24)17-11-25-15-3-1-2-4-16(15)27-17/h1-4,9-10,13-14,17H,5-8,11H2,(H,23,24)/t13?,14?,17-/m0/s1. The molecule has 142 valence electrons. The predicted molar refractivity (Wildman–Crippen MR) is 93.2 cm³/mol. The van der Waals surface area contributed by atoms with Gasteiger partial charge in [0.25, 0.3) is 5.91 Å². The van der Waals surface area contributed by atoms with Gasteiger partial charge >= 0.3 is 6.01 Å². The van der Waals surface area contributed by atoms with Crippen molar-refractivity contribution in [1.82, 2.24) is 15.3 Å². The second kappa shape index (κ2) is 7.77. The van der Waals surface area contributed by atoms with Crippen molar-refractivity contribution < 1.29 is 23.4 Å². The van der Waals surface area contributed by atoms with Crippen LogP contribution in [-0.2, 0) is 4.79 Å². The molecule has 2 heterocycles. The Morgan fingerprint density at radius 1 is 1.11 bits per heavy atom.